The molecule has 0 amide bonds. The van der Waals surface area contributed by atoms with Crippen LogP contribution in [0.3, 0.4) is 0 Å². The molecule has 2 rings (SSSR count). The molecule has 3 N–H and O–H groups in total. The molecule has 1 unspecified atom stereocenters. The number of hydrogen-bond donors (Lipinski definition) is 2. The summed E-state index contributed by atoms with van der Waals surface area (Å²) in [4.78, 5) is 5.33. The van der Waals surface area contributed by atoms with Crippen LogP contribution in [0.1, 0.15) is 16.5 Å². The van der Waals surface area contributed by atoms with Gasteiger partial charge in [-0.1, -0.05) is 11.6 Å². The Hall–Kier alpha value is -0.460. The molecule has 1 atom stereocenters. The van der Waals surface area contributed by atoms with Gasteiger partial charge in [-0.15, -0.1) is 11.3 Å². The highest BCUT2D eigenvalue weighted by molar-refractivity contribution is 9.10. The molecule has 0 radical (unpaired) electrons. The lowest BCUT2D eigenvalue weighted by Crippen LogP contribution is -2.29. The third-order valence-corrected chi connectivity index (χ3v) is 4.05. The number of nitrogens with one attached hydrogen (secondary N) is 1. The van der Waals surface area contributed by atoms with Crippen LogP contribution in [0.5, 0.6) is 0 Å². The predicted molar refractivity (Wildman–Crippen MR) is 75.0 cm³/mol. The second kappa shape index (κ2) is 5.93. The van der Waals surface area contributed by atoms with Gasteiger partial charge < -0.3 is 0 Å². The molecule has 0 saturated carbocycles. The smallest absolute Gasteiger partial charge is 0.0931 e. The number of aromatic nitrogens is 1. The highest BCUT2D eigenvalue weighted by Gasteiger charge is 2.12. The van der Waals surface area contributed by atoms with Crippen LogP contribution in [0.4, 0.5) is 0 Å². The first-order valence-corrected chi connectivity index (χ1v) is 6.98. The van der Waals surface area contributed by atoms with Crippen LogP contribution in [0.25, 0.3) is 0 Å². The molecule has 0 bridgehead atoms. The lowest BCUT2D eigenvalue weighted by molar-refractivity contribution is 0.553. The van der Waals surface area contributed by atoms with Gasteiger partial charge in [0.1, 0.15) is 0 Å². The van der Waals surface area contributed by atoms with Gasteiger partial charge in [0.2, 0.25) is 0 Å². The molecule has 2 heterocycles. The van der Waals surface area contributed by atoms with Crippen molar-refractivity contribution in [1.29, 1.82) is 0 Å². The average Bonchev–Trinajstić information content (AvgIpc) is 2.72. The molecule has 0 saturated heterocycles. The maximum atomic E-state index is 5.91. The molecule has 3 nitrogen and oxygen atoms in total. The summed E-state index contributed by atoms with van der Waals surface area (Å²) in [6.07, 6.45) is 4.36. The van der Waals surface area contributed by atoms with Gasteiger partial charge >= 0.3 is 0 Å². The molecular formula is C11H11BrClN3S. The lowest BCUT2D eigenvalue weighted by atomic mass is 10.1. The molecule has 0 aliphatic rings. The van der Waals surface area contributed by atoms with Gasteiger partial charge in [-0.2, -0.15) is 0 Å². The van der Waals surface area contributed by atoms with Crippen LogP contribution in [0.15, 0.2) is 35.1 Å². The predicted octanol–water partition coefficient (Wildman–Crippen LogP) is 3.31. The number of hydrogen-bond acceptors (Lipinski definition) is 4. The third-order valence-electron chi connectivity index (χ3n) is 2.36. The minimum Gasteiger partial charge on any atom is -0.271 e. The molecule has 0 fully saturated rings. The van der Waals surface area contributed by atoms with Crippen LogP contribution >= 0.6 is 38.9 Å². The maximum absolute atomic E-state index is 5.91. The Morgan fingerprint density at radius 2 is 2.29 bits per heavy atom. The summed E-state index contributed by atoms with van der Waals surface area (Å²) in [5.41, 5.74) is 3.85. The number of nitrogens with zero attached hydrogens (tertiary/aromatic N) is 1. The normalized spacial score (nSPS) is 12.6. The summed E-state index contributed by atoms with van der Waals surface area (Å²) in [5, 5.41) is 0. The van der Waals surface area contributed by atoms with Gasteiger partial charge in [0.05, 0.1) is 10.4 Å². The average molecular weight is 333 g/mol. The summed E-state index contributed by atoms with van der Waals surface area (Å²) in [7, 11) is 0. The van der Waals surface area contributed by atoms with E-state index in [9.17, 15) is 0 Å². The van der Waals surface area contributed by atoms with E-state index in [-0.39, 0.29) is 6.04 Å². The van der Waals surface area contributed by atoms with Gasteiger partial charge in [-0.05, 0) is 39.7 Å². The Kier molecular flexibility index (Phi) is 4.53. The molecule has 2 aromatic heterocycles. The monoisotopic (exact) mass is 331 g/mol. The summed E-state index contributed by atoms with van der Waals surface area (Å²) >= 11 is 10.9. The number of rotatable bonds is 4. The Morgan fingerprint density at radius 3 is 2.88 bits per heavy atom. The van der Waals surface area contributed by atoms with Crippen molar-refractivity contribution >= 4 is 38.9 Å². The van der Waals surface area contributed by atoms with Crippen molar-refractivity contribution < 1.29 is 0 Å². The second-order valence-electron chi connectivity index (χ2n) is 3.57. The molecule has 0 aliphatic heterocycles. The van der Waals surface area contributed by atoms with E-state index < -0.39 is 0 Å². The zero-order valence-corrected chi connectivity index (χ0v) is 12.0. The fourth-order valence-corrected chi connectivity index (χ4v) is 3.07. The SMILES string of the molecule is NNC(Cc1ccc(Cl)s1)c1cncc(Br)c1. The Labute approximate surface area is 117 Å². The summed E-state index contributed by atoms with van der Waals surface area (Å²) in [6.45, 7) is 0. The van der Waals surface area contributed by atoms with Crippen LogP contribution in [-0.4, -0.2) is 4.98 Å². The number of thiophene rings is 1. The summed E-state index contributed by atoms with van der Waals surface area (Å²) in [6, 6.07) is 5.96. The number of nitrogens with two attached hydrogens (primary N) is 1. The third kappa shape index (κ3) is 3.50. The minimum absolute atomic E-state index is 0.0368. The molecule has 90 valence electrons. The van der Waals surface area contributed by atoms with E-state index in [4.69, 9.17) is 17.4 Å². The molecule has 0 spiro atoms. The van der Waals surface area contributed by atoms with E-state index in [1.807, 2.05) is 24.4 Å². The Balaban J connectivity index is 2.16. The standard InChI is InChI=1S/C11H11BrClN3S/c12-8-3-7(5-15-6-8)10(16-14)4-9-1-2-11(13)17-9/h1-3,5-6,10,16H,4,14H2. The van der Waals surface area contributed by atoms with Crippen LogP contribution in [0.2, 0.25) is 4.34 Å². The zero-order valence-electron chi connectivity index (χ0n) is 8.86. The van der Waals surface area contributed by atoms with E-state index in [2.05, 4.69) is 26.3 Å². The first kappa shape index (κ1) is 13.0. The molecule has 6 heteroatoms. The Bertz CT molecular complexity index is 503. The van der Waals surface area contributed by atoms with Gasteiger partial charge in [0.15, 0.2) is 0 Å². The van der Waals surface area contributed by atoms with Gasteiger partial charge in [0.25, 0.3) is 0 Å². The molecular weight excluding hydrogens is 322 g/mol. The van der Waals surface area contributed by atoms with Crippen LogP contribution in [-0.2, 0) is 6.42 Å². The molecule has 0 aliphatic carbocycles. The van der Waals surface area contributed by atoms with E-state index in [1.54, 1.807) is 17.5 Å². The summed E-state index contributed by atoms with van der Waals surface area (Å²) < 4.78 is 1.74. The van der Waals surface area contributed by atoms with Crippen molar-refractivity contribution in [2.24, 2.45) is 5.84 Å². The van der Waals surface area contributed by atoms with Crippen LogP contribution in [0, 0.1) is 0 Å². The highest BCUT2D eigenvalue weighted by atomic mass is 79.9. The van der Waals surface area contributed by atoms with E-state index in [1.165, 1.54) is 4.88 Å². The van der Waals surface area contributed by atoms with E-state index in [0.29, 0.717) is 0 Å². The minimum atomic E-state index is 0.0368. The largest absolute Gasteiger partial charge is 0.271 e. The van der Waals surface area contributed by atoms with E-state index >= 15 is 0 Å². The van der Waals surface area contributed by atoms with Crippen LogP contribution < -0.4 is 11.3 Å². The van der Waals surface area contributed by atoms with Crippen molar-refractivity contribution in [1.82, 2.24) is 10.4 Å². The molecule has 17 heavy (non-hydrogen) atoms. The first-order valence-electron chi connectivity index (χ1n) is 5.00. The van der Waals surface area contributed by atoms with Gasteiger partial charge in [0, 0.05) is 28.2 Å². The van der Waals surface area contributed by atoms with E-state index in [0.717, 1.165) is 20.8 Å². The van der Waals surface area contributed by atoms with Gasteiger partial charge in [-0.3, -0.25) is 16.3 Å². The quantitative estimate of drug-likeness (QED) is 0.667. The number of pyridine rings is 1. The topological polar surface area (TPSA) is 50.9 Å². The second-order valence-corrected chi connectivity index (χ2v) is 6.28. The van der Waals surface area contributed by atoms with Crippen molar-refractivity contribution in [3.63, 3.8) is 0 Å². The maximum Gasteiger partial charge on any atom is 0.0931 e. The lowest BCUT2D eigenvalue weighted by Gasteiger charge is -2.15. The first-order chi connectivity index (χ1) is 8.19. The number of halogens is 2. The summed E-state index contributed by atoms with van der Waals surface area (Å²) in [5.74, 6) is 5.59. The fraction of sp³-hybridized carbons (Fsp3) is 0.182. The van der Waals surface area contributed by atoms with Crippen molar-refractivity contribution in [3.8, 4) is 0 Å². The van der Waals surface area contributed by atoms with Crippen molar-refractivity contribution in [2.75, 3.05) is 0 Å². The highest BCUT2D eigenvalue weighted by Crippen LogP contribution is 2.26. The Morgan fingerprint density at radius 1 is 1.47 bits per heavy atom. The fourth-order valence-electron chi connectivity index (χ4n) is 1.55. The van der Waals surface area contributed by atoms with Gasteiger partial charge in [-0.25, -0.2) is 0 Å². The molecule has 0 aromatic carbocycles. The number of hydrazine groups is 1. The zero-order chi connectivity index (χ0) is 12.3. The van der Waals surface area contributed by atoms with Crippen molar-refractivity contribution in [2.45, 2.75) is 12.5 Å². The molecule has 2 aromatic rings. The van der Waals surface area contributed by atoms with Crippen molar-refractivity contribution in [3.05, 3.63) is 49.8 Å².